The summed E-state index contributed by atoms with van der Waals surface area (Å²) in [6.45, 7) is 3.66. The summed E-state index contributed by atoms with van der Waals surface area (Å²) in [7, 11) is 1.84. The molecule has 1 amide bonds. The Morgan fingerprint density at radius 3 is 2.35 bits per heavy atom. The van der Waals surface area contributed by atoms with Crippen LogP contribution in [0, 0.1) is 0 Å². The lowest BCUT2D eigenvalue weighted by Crippen LogP contribution is -2.38. The molecule has 4 nitrogen and oxygen atoms in total. The third-order valence-electron chi connectivity index (χ3n) is 3.68. The second kappa shape index (κ2) is 7.41. The smallest absolute Gasteiger partial charge is 0.253 e. The van der Waals surface area contributed by atoms with Crippen molar-refractivity contribution in [3.05, 3.63) is 35.4 Å². The first-order valence-corrected chi connectivity index (χ1v) is 6.74. The standard InChI is InChI=1S/C15H20N2O2.ClH/c1-3-14(18)11-4-6-12(7-5-11)15(19)17(2)13-8-9-16-10-13;/h4-7,13,16H,3,8-10H2,1-2H3;1H. The highest BCUT2D eigenvalue weighted by Crippen LogP contribution is 2.13. The summed E-state index contributed by atoms with van der Waals surface area (Å²) in [6.07, 6.45) is 1.48. The van der Waals surface area contributed by atoms with Crippen molar-refractivity contribution in [2.45, 2.75) is 25.8 Å². The lowest BCUT2D eigenvalue weighted by atomic mass is 10.1. The number of nitrogens with zero attached hydrogens (tertiary/aromatic N) is 1. The van der Waals surface area contributed by atoms with Crippen molar-refractivity contribution in [2.24, 2.45) is 0 Å². The second-order valence-electron chi connectivity index (χ2n) is 4.92. The molecule has 1 heterocycles. The summed E-state index contributed by atoms with van der Waals surface area (Å²) in [5.41, 5.74) is 1.31. The molecule has 0 spiro atoms. The van der Waals surface area contributed by atoms with Crippen LogP contribution in [0.3, 0.4) is 0 Å². The van der Waals surface area contributed by atoms with Gasteiger partial charge >= 0.3 is 0 Å². The molecule has 1 atom stereocenters. The highest BCUT2D eigenvalue weighted by atomic mass is 35.5. The number of carbonyl (C=O) groups is 2. The Morgan fingerprint density at radius 1 is 1.25 bits per heavy atom. The molecule has 1 aliphatic rings. The quantitative estimate of drug-likeness (QED) is 0.866. The maximum Gasteiger partial charge on any atom is 0.253 e. The average Bonchev–Trinajstić information content (AvgIpc) is 2.99. The largest absolute Gasteiger partial charge is 0.337 e. The van der Waals surface area contributed by atoms with Crippen molar-refractivity contribution in [3.63, 3.8) is 0 Å². The fourth-order valence-electron chi connectivity index (χ4n) is 2.34. The molecule has 20 heavy (non-hydrogen) atoms. The monoisotopic (exact) mass is 296 g/mol. The molecule has 1 aromatic rings. The highest BCUT2D eigenvalue weighted by molar-refractivity contribution is 5.98. The number of hydrogen-bond donors (Lipinski definition) is 1. The number of hydrogen-bond acceptors (Lipinski definition) is 3. The normalized spacial score (nSPS) is 17.4. The maximum absolute atomic E-state index is 12.3. The first-order valence-electron chi connectivity index (χ1n) is 6.74. The number of nitrogens with one attached hydrogen (secondary N) is 1. The SMILES string of the molecule is CCC(=O)c1ccc(C(=O)N(C)C2CCNC2)cc1.Cl. The van der Waals surface area contributed by atoms with Crippen LogP contribution in [-0.2, 0) is 0 Å². The number of Topliss-reactive ketones (excluding diaryl/α,β-unsaturated/α-hetero) is 1. The second-order valence-corrected chi connectivity index (χ2v) is 4.92. The van der Waals surface area contributed by atoms with Gasteiger partial charge in [0, 0.05) is 37.2 Å². The zero-order chi connectivity index (χ0) is 13.8. The molecular formula is C15H21ClN2O2. The molecule has 5 heteroatoms. The summed E-state index contributed by atoms with van der Waals surface area (Å²) in [5.74, 6) is 0.122. The first-order chi connectivity index (χ1) is 9.13. The predicted molar refractivity (Wildman–Crippen MR) is 81.7 cm³/mol. The van der Waals surface area contributed by atoms with Crippen molar-refractivity contribution in [3.8, 4) is 0 Å². The van der Waals surface area contributed by atoms with Crippen LogP contribution in [0.1, 0.15) is 40.5 Å². The Balaban J connectivity index is 0.00000200. The fourth-order valence-corrected chi connectivity index (χ4v) is 2.34. The van der Waals surface area contributed by atoms with Crippen molar-refractivity contribution in [1.82, 2.24) is 10.2 Å². The van der Waals surface area contributed by atoms with E-state index in [-0.39, 0.29) is 30.1 Å². The van der Waals surface area contributed by atoms with E-state index in [0.717, 1.165) is 19.5 Å². The van der Waals surface area contributed by atoms with E-state index in [0.29, 0.717) is 17.5 Å². The van der Waals surface area contributed by atoms with E-state index in [1.54, 1.807) is 29.2 Å². The number of rotatable bonds is 4. The third kappa shape index (κ3) is 3.58. The molecule has 0 bridgehead atoms. The van der Waals surface area contributed by atoms with Crippen LogP contribution in [0.4, 0.5) is 0 Å². The van der Waals surface area contributed by atoms with Gasteiger partial charge in [0.2, 0.25) is 0 Å². The molecule has 1 saturated heterocycles. The highest BCUT2D eigenvalue weighted by Gasteiger charge is 2.23. The molecule has 1 aliphatic heterocycles. The van der Waals surface area contributed by atoms with Crippen molar-refractivity contribution >= 4 is 24.1 Å². The summed E-state index contributed by atoms with van der Waals surface area (Å²) >= 11 is 0. The number of benzene rings is 1. The Labute approximate surface area is 125 Å². The molecule has 110 valence electrons. The van der Waals surface area contributed by atoms with Gasteiger partial charge in [-0.3, -0.25) is 9.59 Å². The van der Waals surface area contributed by atoms with Crippen LogP contribution in [0.5, 0.6) is 0 Å². The third-order valence-corrected chi connectivity index (χ3v) is 3.68. The minimum Gasteiger partial charge on any atom is -0.337 e. The van der Waals surface area contributed by atoms with E-state index in [1.165, 1.54) is 0 Å². The minimum absolute atomic E-state index is 0. The zero-order valence-electron chi connectivity index (χ0n) is 11.9. The summed E-state index contributed by atoms with van der Waals surface area (Å²) in [6, 6.07) is 7.22. The van der Waals surface area contributed by atoms with Crippen molar-refractivity contribution in [2.75, 3.05) is 20.1 Å². The van der Waals surface area contributed by atoms with Crippen LogP contribution in [-0.4, -0.2) is 42.8 Å². The van der Waals surface area contributed by atoms with Crippen molar-refractivity contribution in [1.29, 1.82) is 0 Å². The lowest BCUT2D eigenvalue weighted by Gasteiger charge is -2.23. The van der Waals surface area contributed by atoms with Gasteiger partial charge in [0.1, 0.15) is 0 Å². The molecule has 2 rings (SSSR count). The Bertz CT molecular complexity index is 467. The molecule has 0 aromatic heterocycles. The summed E-state index contributed by atoms with van der Waals surface area (Å²) in [5, 5.41) is 3.25. The predicted octanol–water partition coefficient (Wildman–Crippen LogP) is 2.14. The van der Waals surface area contributed by atoms with Gasteiger partial charge < -0.3 is 10.2 Å². The van der Waals surface area contributed by atoms with Gasteiger partial charge in [-0.15, -0.1) is 12.4 Å². The molecule has 0 radical (unpaired) electrons. The topological polar surface area (TPSA) is 49.4 Å². The van der Waals surface area contributed by atoms with E-state index >= 15 is 0 Å². The number of likely N-dealkylation sites (N-methyl/N-ethyl adjacent to an activating group) is 1. The molecule has 1 aromatic carbocycles. The molecule has 0 aliphatic carbocycles. The van der Waals surface area contributed by atoms with Crippen LogP contribution in [0.25, 0.3) is 0 Å². The van der Waals surface area contributed by atoms with Gasteiger partial charge in [0.25, 0.3) is 5.91 Å². The van der Waals surface area contributed by atoms with E-state index in [9.17, 15) is 9.59 Å². The number of ketones is 1. The number of carbonyl (C=O) groups excluding carboxylic acids is 2. The Kier molecular flexibility index (Phi) is 6.17. The average molecular weight is 297 g/mol. The van der Waals surface area contributed by atoms with Gasteiger partial charge in [0.05, 0.1) is 0 Å². The summed E-state index contributed by atoms with van der Waals surface area (Å²) in [4.78, 5) is 25.6. The van der Waals surface area contributed by atoms with E-state index in [4.69, 9.17) is 0 Å². The molecule has 1 fully saturated rings. The minimum atomic E-state index is 0. The van der Waals surface area contributed by atoms with E-state index in [1.807, 2.05) is 14.0 Å². The van der Waals surface area contributed by atoms with Gasteiger partial charge in [-0.25, -0.2) is 0 Å². The molecular weight excluding hydrogens is 276 g/mol. The molecule has 0 saturated carbocycles. The first kappa shape index (κ1) is 16.7. The van der Waals surface area contributed by atoms with Crippen molar-refractivity contribution < 1.29 is 9.59 Å². The van der Waals surface area contributed by atoms with Crippen LogP contribution < -0.4 is 5.32 Å². The maximum atomic E-state index is 12.3. The summed E-state index contributed by atoms with van der Waals surface area (Å²) < 4.78 is 0. The molecule has 1 N–H and O–H groups in total. The van der Waals surface area contributed by atoms with E-state index in [2.05, 4.69) is 5.32 Å². The van der Waals surface area contributed by atoms with Gasteiger partial charge in [-0.2, -0.15) is 0 Å². The van der Waals surface area contributed by atoms with Crippen LogP contribution in [0.15, 0.2) is 24.3 Å². The van der Waals surface area contributed by atoms with Crippen LogP contribution in [0.2, 0.25) is 0 Å². The Hall–Kier alpha value is -1.39. The van der Waals surface area contributed by atoms with E-state index < -0.39 is 0 Å². The van der Waals surface area contributed by atoms with Gasteiger partial charge in [-0.1, -0.05) is 19.1 Å². The van der Waals surface area contributed by atoms with Crippen LogP contribution >= 0.6 is 12.4 Å². The number of halogens is 1. The zero-order valence-corrected chi connectivity index (χ0v) is 12.7. The fraction of sp³-hybridized carbons (Fsp3) is 0.467. The van der Waals surface area contributed by atoms with Gasteiger partial charge in [-0.05, 0) is 25.1 Å². The number of amides is 1. The van der Waals surface area contributed by atoms with Gasteiger partial charge in [0.15, 0.2) is 5.78 Å². The Morgan fingerprint density at radius 2 is 1.85 bits per heavy atom. The molecule has 1 unspecified atom stereocenters. The lowest BCUT2D eigenvalue weighted by molar-refractivity contribution is 0.0743.